The van der Waals surface area contributed by atoms with E-state index in [9.17, 15) is 9.59 Å². The van der Waals surface area contributed by atoms with Crippen molar-refractivity contribution in [1.82, 2.24) is 5.32 Å². The zero-order chi connectivity index (χ0) is 14.4. The molecule has 0 unspecified atom stereocenters. The van der Waals surface area contributed by atoms with Crippen molar-refractivity contribution in [2.24, 2.45) is 0 Å². The molecule has 0 aromatic rings. The van der Waals surface area contributed by atoms with Gasteiger partial charge in [0.05, 0.1) is 0 Å². The van der Waals surface area contributed by atoms with Crippen LogP contribution in [-0.4, -0.2) is 36.7 Å². The van der Waals surface area contributed by atoms with Gasteiger partial charge in [0.2, 0.25) is 0 Å². The molecule has 0 aliphatic carbocycles. The monoisotopic (exact) mass is 257 g/mol. The molecule has 0 fully saturated rings. The molecule has 18 heavy (non-hydrogen) atoms. The van der Waals surface area contributed by atoms with Crippen molar-refractivity contribution in [3.63, 3.8) is 0 Å². The Hall–Kier alpha value is -1.62. The van der Waals surface area contributed by atoms with Crippen molar-refractivity contribution in [2.75, 3.05) is 19.7 Å². The van der Waals surface area contributed by atoms with Crippen molar-refractivity contribution in [1.29, 1.82) is 0 Å². The van der Waals surface area contributed by atoms with Crippen molar-refractivity contribution < 1.29 is 19.4 Å². The van der Waals surface area contributed by atoms with Gasteiger partial charge in [-0.3, -0.25) is 0 Å². The summed E-state index contributed by atoms with van der Waals surface area (Å²) in [6, 6.07) is 0. The van der Waals surface area contributed by atoms with E-state index in [1.54, 1.807) is 6.92 Å². The number of rotatable bonds is 8. The number of carbonyl (C=O) groups is 2. The van der Waals surface area contributed by atoms with Crippen LogP contribution in [0.25, 0.3) is 0 Å². The number of unbranched alkanes of at least 4 members (excludes halogenated alkanes) is 1. The fourth-order valence-corrected chi connectivity index (χ4v) is 0.766. The highest BCUT2D eigenvalue weighted by molar-refractivity contribution is 5.86. The molecular weight excluding hydrogens is 234 g/mol. The van der Waals surface area contributed by atoms with E-state index in [1.165, 1.54) is 6.42 Å². The van der Waals surface area contributed by atoms with Crippen LogP contribution in [0.3, 0.4) is 0 Å². The van der Waals surface area contributed by atoms with E-state index >= 15 is 0 Å². The highest BCUT2D eigenvalue weighted by atomic mass is 16.5. The zero-order valence-electron chi connectivity index (χ0n) is 11.2. The van der Waals surface area contributed by atoms with Crippen LogP contribution in [0, 0.1) is 0 Å². The third-order valence-electron chi connectivity index (χ3n) is 1.74. The Morgan fingerprint density at radius 3 is 2.33 bits per heavy atom. The van der Waals surface area contributed by atoms with Gasteiger partial charge in [-0.2, -0.15) is 0 Å². The van der Waals surface area contributed by atoms with Crippen molar-refractivity contribution in [2.45, 2.75) is 26.7 Å². The summed E-state index contributed by atoms with van der Waals surface area (Å²) in [7, 11) is 0. The second-order valence-corrected chi connectivity index (χ2v) is 3.56. The van der Waals surface area contributed by atoms with E-state index in [-0.39, 0.29) is 5.97 Å². The normalized spacial score (nSPS) is 8.78. The molecule has 0 bridgehead atoms. The number of hydrogen-bond acceptors (Lipinski definition) is 4. The average Bonchev–Trinajstić information content (AvgIpc) is 2.33. The SMILES string of the molecule is C=C(C)C(=O)OCCNCCCC.C=CC(=O)O. The van der Waals surface area contributed by atoms with Gasteiger partial charge in [0.15, 0.2) is 0 Å². The third kappa shape index (κ3) is 16.8. The van der Waals surface area contributed by atoms with Gasteiger partial charge in [0.1, 0.15) is 6.61 Å². The topological polar surface area (TPSA) is 75.6 Å². The van der Waals surface area contributed by atoms with Crippen LogP contribution in [0.5, 0.6) is 0 Å². The summed E-state index contributed by atoms with van der Waals surface area (Å²) in [4.78, 5) is 20.1. The molecule has 0 radical (unpaired) electrons. The van der Waals surface area contributed by atoms with Crippen molar-refractivity contribution in [3.05, 3.63) is 24.8 Å². The number of esters is 1. The molecular formula is C13H23NO4. The quantitative estimate of drug-likeness (QED) is 0.393. The number of nitrogens with one attached hydrogen (secondary N) is 1. The predicted molar refractivity (Wildman–Crippen MR) is 71.4 cm³/mol. The fourth-order valence-electron chi connectivity index (χ4n) is 0.766. The highest BCUT2D eigenvalue weighted by Crippen LogP contribution is 1.90. The molecule has 5 nitrogen and oxygen atoms in total. The molecule has 0 heterocycles. The van der Waals surface area contributed by atoms with Crippen LogP contribution >= 0.6 is 0 Å². The summed E-state index contributed by atoms with van der Waals surface area (Å²) in [5.74, 6) is -1.29. The van der Waals surface area contributed by atoms with E-state index in [0.717, 1.165) is 25.6 Å². The lowest BCUT2D eigenvalue weighted by molar-refractivity contribution is -0.138. The van der Waals surface area contributed by atoms with E-state index in [2.05, 4.69) is 25.4 Å². The molecule has 0 spiro atoms. The van der Waals surface area contributed by atoms with Gasteiger partial charge in [-0.05, 0) is 19.9 Å². The number of hydrogen-bond donors (Lipinski definition) is 2. The average molecular weight is 257 g/mol. The summed E-state index contributed by atoms with van der Waals surface area (Å²) >= 11 is 0. The zero-order valence-corrected chi connectivity index (χ0v) is 11.2. The second kappa shape index (κ2) is 13.4. The van der Waals surface area contributed by atoms with Gasteiger partial charge in [-0.25, -0.2) is 9.59 Å². The summed E-state index contributed by atoms with van der Waals surface area (Å²) in [6.45, 7) is 12.4. The minimum absolute atomic E-state index is 0.308. The van der Waals surface area contributed by atoms with Crippen LogP contribution in [0.2, 0.25) is 0 Å². The van der Waals surface area contributed by atoms with Crippen LogP contribution in [0.1, 0.15) is 26.7 Å². The molecule has 0 atom stereocenters. The van der Waals surface area contributed by atoms with Crippen molar-refractivity contribution >= 4 is 11.9 Å². The molecule has 0 saturated heterocycles. The number of ether oxygens (including phenoxy) is 1. The van der Waals surface area contributed by atoms with Crippen LogP contribution in [0.15, 0.2) is 24.8 Å². The lowest BCUT2D eigenvalue weighted by Crippen LogP contribution is -2.22. The summed E-state index contributed by atoms with van der Waals surface area (Å²) in [6.07, 6.45) is 3.17. The molecule has 0 aliphatic heterocycles. The molecule has 2 N–H and O–H groups in total. The standard InChI is InChI=1S/C10H19NO2.C3H4O2/c1-4-5-6-11-7-8-13-10(12)9(2)3;1-2-3(4)5/h11H,2,4-8H2,1,3H3;2H,1H2,(H,4,5). The fraction of sp³-hybridized carbons (Fsp3) is 0.538. The van der Waals surface area contributed by atoms with E-state index < -0.39 is 5.97 Å². The molecule has 5 heteroatoms. The Balaban J connectivity index is 0. The molecule has 0 aliphatic rings. The summed E-state index contributed by atoms with van der Waals surface area (Å²) in [5.41, 5.74) is 0.452. The van der Waals surface area contributed by atoms with E-state index in [4.69, 9.17) is 9.84 Å². The summed E-state index contributed by atoms with van der Waals surface area (Å²) < 4.78 is 4.88. The summed E-state index contributed by atoms with van der Waals surface area (Å²) in [5, 5.41) is 10.8. The smallest absolute Gasteiger partial charge is 0.333 e. The van der Waals surface area contributed by atoms with Crippen molar-refractivity contribution in [3.8, 4) is 0 Å². The Kier molecular flexibility index (Phi) is 14.0. The highest BCUT2D eigenvalue weighted by Gasteiger charge is 2.00. The molecule has 104 valence electrons. The van der Waals surface area contributed by atoms with Gasteiger partial charge >= 0.3 is 11.9 Å². The maximum atomic E-state index is 10.9. The maximum absolute atomic E-state index is 10.9. The number of carbonyl (C=O) groups excluding carboxylic acids is 1. The van der Waals surface area contributed by atoms with Crippen LogP contribution < -0.4 is 5.32 Å². The van der Waals surface area contributed by atoms with E-state index in [1.807, 2.05) is 0 Å². The Labute approximate surface area is 109 Å². The van der Waals surface area contributed by atoms with Crippen LogP contribution in [0.4, 0.5) is 0 Å². The Morgan fingerprint density at radius 1 is 1.39 bits per heavy atom. The van der Waals surface area contributed by atoms with Crippen LogP contribution in [-0.2, 0) is 14.3 Å². The molecule has 0 amide bonds. The molecule has 0 rings (SSSR count). The number of carboxylic acids is 1. The largest absolute Gasteiger partial charge is 0.478 e. The first-order valence-electron chi connectivity index (χ1n) is 5.84. The van der Waals surface area contributed by atoms with Gasteiger partial charge in [-0.1, -0.05) is 26.5 Å². The maximum Gasteiger partial charge on any atom is 0.333 e. The Morgan fingerprint density at radius 2 is 1.94 bits per heavy atom. The lowest BCUT2D eigenvalue weighted by atomic mass is 10.3. The van der Waals surface area contributed by atoms with Gasteiger partial charge in [0, 0.05) is 18.2 Å². The number of aliphatic carboxylic acids is 1. The molecule has 0 saturated carbocycles. The second-order valence-electron chi connectivity index (χ2n) is 3.56. The molecule has 0 aromatic carbocycles. The first-order valence-corrected chi connectivity index (χ1v) is 5.84. The minimum atomic E-state index is -0.981. The van der Waals surface area contributed by atoms with E-state index in [0.29, 0.717) is 12.2 Å². The first-order chi connectivity index (χ1) is 8.45. The predicted octanol–water partition coefficient (Wildman–Crippen LogP) is 1.75. The van der Waals surface area contributed by atoms with Gasteiger partial charge in [0.25, 0.3) is 0 Å². The molecule has 0 aromatic heterocycles. The lowest BCUT2D eigenvalue weighted by Gasteiger charge is -2.05. The van der Waals surface area contributed by atoms with Gasteiger partial charge < -0.3 is 15.2 Å². The Bertz CT molecular complexity index is 274. The van der Waals surface area contributed by atoms with Gasteiger partial charge in [-0.15, -0.1) is 0 Å². The minimum Gasteiger partial charge on any atom is -0.478 e. The first kappa shape index (κ1) is 18.7. The third-order valence-corrected chi connectivity index (χ3v) is 1.74. The number of carboxylic acid groups (broad SMARTS) is 1.